The summed E-state index contributed by atoms with van der Waals surface area (Å²) in [6.45, 7) is 28.0. The third kappa shape index (κ3) is 9.50. The molecule has 0 saturated heterocycles. The van der Waals surface area contributed by atoms with Gasteiger partial charge in [0.2, 0.25) is 0 Å². The van der Waals surface area contributed by atoms with Crippen LogP contribution in [0.3, 0.4) is 0 Å². The van der Waals surface area contributed by atoms with Crippen molar-refractivity contribution in [3.05, 3.63) is 84.2 Å². The molecule has 4 rings (SSSR count). The van der Waals surface area contributed by atoms with E-state index in [1.54, 1.807) is 35.6 Å². The van der Waals surface area contributed by atoms with E-state index in [2.05, 4.69) is 132 Å². The van der Waals surface area contributed by atoms with Crippen LogP contribution in [0.1, 0.15) is 109 Å². The van der Waals surface area contributed by atoms with Crippen molar-refractivity contribution in [2.75, 3.05) is 0 Å². The molecule has 0 N–H and O–H groups in total. The Balaban J connectivity index is 0.000000401. The topological polar surface area (TPSA) is 0 Å². The van der Waals surface area contributed by atoms with Crippen molar-refractivity contribution in [1.29, 1.82) is 0 Å². The first kappa shape index (κ1) is 40.0. The van der Waals surface area contributed by atoms with E-state index < -0.39 is 41.9 Å². The Morgan fingerprint density at radius 1 is 0.405 bits per heavy atom. The molecule has 0 aromatic rings. The SMILES string of the molecule is Cl.Cl.[CH2]=[Hf]([C]1=C(C(C)(C)C)C=CC1)[C]1=C(C(C)(C)C)C=CC1.[CH2]=[Hf]([C]1=C(C(C)(C)C)C=CC1)[C]1=C(C(C)(C)C)C=CC1. The summed E-state index contributed by atoms with van der Waals surface area (Å²) in [5, 5.41) is 0. The molecular weight excluding hydrogens is 884 g/mol. The normalized spacial score (nSPS) is 18.6. The van der Waals surface area contributed by atoms with Gasteiger partial charge < -0.3 is 0 Å². The maximum atomic E-state index is 4.75. The van der Waals surface area contributed by atoms with Crippen LogP contribution in [0, 0.1) is 21.7 Å². The van der Waals surface area contributed by atoms with E-state index in [9.17, 15) is 0 Å². The van der Waals surface area contributed by atoms with Crippen LogP contribution in [0.5, 0.6) is 0 Å². The molecular formula is C38H58Cl2Hf2. The Labute approximate surface area is 287 Å². The molecule has 0 unspecified atom stereocenters. The summed E-state index contributed by atoms with van der Waals surface area (Å²) < 4.78 is 16.4. The molecule has 0 heterocycles. The maximum absolute atomic E-state index is 4.75. The van der Waals surface area contributed by atoms with Crippen molar-refractivity contribution in [1.82, 2.24) is 0 Å². The fourth-order valence-corrected chi connectivity index (χ4v) is 25.4. The molecule has 4 aliphatic rings. The fraction of sp³-hybridized carbons (Fsp3) is 0.526. The molecule has 0 saturated carbocycles. The van der Waals surface area contributed by atoms with Gasteiger partial charge in [0.1, 0.15) is 0 Å². The van der Waals surface area contributed by atoms with E-state index >= 15 is 0 Å². The summed E-state index contributed by atoms with van der Waals surface area (Å²) in [6, 6.07) is 0. The molecule has 0 fully saturated rings. The van der Waals surface area contributed by atoms with Gasteiger partial charge in [-0.2, -0.15) is 0 Å². The zero-order chi connectivity index (χ0) is 30.3. The van der Waals surface area contributed by atoms with E-state index in [1.165, 1.54) is 25.7 Å². The van der Waals surface area contributed by atoms with Crippen LogP contribution in [-0.2, 0) is 41.9 Å². The van der Waals surface area contributed by atoms with Crippen LogP contribution < -0.4 is 0 Å². The first-order chi connectivity index (χ1) is 18.2. The van der Waals surface area contributed by atoms with Crippen molar-refractivity contribution in [2.24, 2.45) is 21.7 Å². The van der Waals surface area contributed by atoms with Gasteiger partial charge in [0, 0.05) is 0 Å². The zero-order valence-corrected chi connectivity index (χ0v) is 37.5. The fourth-order valence-electron chi connectivity index (χ4n) is 6.34. The quantitative estimate of drug-likeness (QED) is 0.246. The van der Waals surface area contributed by atoms with Crippen LogP contribution in [-0.4, -0.2) is 8.52 Å². The average molecular weight is 943 g/mol. The van der Waals surface area contributed by atoms with Gasteiger partial charge in [-0.1, -0.05) is 0 Å². The van der Waals surface area contributed by atoms with Crippen molar-refractivity contribution in [3.8, 4) is 0 Å². The van der Waals surface area contributed by atoms with Gasteiger partial charge >= 0.3 is 265 Å². The third-order valence-electron chi connectivity index (χ3n) is 8.42. The molecule has 4 aliphatic carbocycles. The molecule has 0 nitrogen and oxygen atoms in total. The Kier molecular flexibility index (Phi) is 14.3. The Bertz CT molecular complexity index is 1120. The van der Waals surface area contributed by atoms with Gasteiger partial charge in [-0.3, -0.25) is 0 Å². The summed E-state index contributed by atoms with van der Waals surface area (Å²) in [7, 11) is 0. The number of allylic oxidation sites excluding steroid dienone is 16. The molecule has 232 valence electrons. The van der Waals surface area contributed by atoms with Crippen LogP contribution in [0.25, 0.3) is 0 Å². The van der Waals surface area contributed by atoms with E-state index in [0.717, 1.165) is 0 Å². The zero-order valence-electron chi connectivity index (χ0n) is 28.7. The van der Waals surface area contributed by atoms with Crippen LogP contribution in [0.4, 0.5) is 0 Å². The molecule has 0 atom stereocenters. The minimum atomic E-state index is -2.07. The van der Waals surface area contributed by atoms with E-state index in [-0.39, 0.29) is 46.5 Å². The third-order valence-corrected chi connectivity index (χ3v) is 25.7. The standard InChI is InChI=1S/4C9H13.2CH2.2ClH.2Hf/c4*1-9(2,3)8-6-4-5-7-8;;;;;;/h4*4,6H,5H2,1-3H3;2*1H2;2*1H;;. The van der Waals surface area contributed by atoms with Crippen molar-refractivity contribution in [3.63, 3.8) is 0 Å². The summed E-state index contributed by atoms with van der Waals surface area (Å²) in [5.74, 6) is 0. The van der Waals surface area contributed by atoms with Gasteiger partial charge in [-0.25, -0.2) is 0 Å². The minimum absolute atomic E-state index is 0. The van der Waals surface area contributed by atoms with Gasteiger partial charge in [0.05, 0.1) is 0 Å². The molecule has 0 aromatic carbocycles. The van der Waals surface area contributed by atoms with Gasteiger partial charge in [0.25, 0.3) is 0 Å². The number of halogens is 2. The first-order valence-corrected chi connectivity index (χ1v) is 27.5. The predicted molar refractivity (Wildman–Crippen MR) is 190 cm³/mol. The predicted octanol–water partition coefficient (Wildman–Crippen LogP) is 12.0. The Hall–Kier alpha value is -0.0197. The van der Waals surface area contributed by atoms with Gasteiger partial charge in [0.15, 0.2) is 0 Å². The number of rotatable bonds is 4. The second-order valence-corrected chi connectivity index (χ2v) is 31.5. The summed E-state index contributed by atoms with van der Waals surface area (Å²) >= 11 is -4.14. The van der Waals surface area contributed by atoms with Crippen molar-refractivity contribution >= 4 is 33.3 Å². The Morgan fingerprint density at radius 2 is 0.571 bits per heavy atom. The average Bonchev–Trinajstić information content (AvgIpc) is 3.61. The molecule has 0 aliphatic heterocycles. The molecule has 0 amide bonds. The summed E-state index contributed by atoms with van der Waals surface area (Å²) in [4.78, 5) is 0. The molecule has 0 aromatic heterocycles. The molecule has 0 spiro atoms. The molecule has 4 heteroatoms. The number of hydrogen-bond acceptors (Lipinski definition) is 0. The van der Waals surface area contributed by atoms with Crippen LogP contribution in [0.2, 0.25) is 0 Å². The molecule has 0 radical (unpaired) electrons. The summed E-state index contributed by atoms with van der Waals surface area (Å²) in [5.41, 5.74) is 7.42. The monoisotopic (exact) mass is 944 g/mol. The van der Waals surface area contributed by atoms with Crippen LogP contribution in [0.15, 0.2) is 84.2 Å². The van der Waals surface area contributed by atoms with Crippen molar-refractivity contribution in [2.45, 2.75) is 109 Å². The van der Waals surface area contributed by atoms with E-state index in [0.29, 0.717) is 0 Å². The summed E-state index contributed by atoms with van der Waals surface area (Å²) in [6.07, 6.45) is 23.5. The second kappa shape index (κ2) is 15.0. The number of hydrogen-bond donors (Lipinski definition) is 0. The van der Waals surface area contributed by atoms with Gasteiger partial charge in [-0.05, 0) is 0 Å². The Morgan fingerprint density at radius 3 is 0.714 bits per heavy atom. The van der Waals surface area contributed by atoms with E-state index in [1.807, 2.05) is 0 Å². The van der Waals surface area contributed by atoms with Gasteiger partial charge in [-0.15, -0.1) is 24.8 Å². The molecule has 42 heavy (non-hydrogen) atoms. The first-order valence-electron chi connectivity index (χ1n) is 15.2. The van der Waals surface area contributed by atoms with E-state index in [4.69, 9.17) is 8.52 Å². The second-order valence-electron chi connectivity index (χ2n) is 16.0. The van der Waals surface area contributed by atoms with Crippen molar-refractivity contribution < 1.29 is 41.9 Å². The molecule has 0 bridgehead atoms. The van der Waals surface area contributed by atoms with Crippen LogP contribution >= 0.6 is 24.8 Å².